The summed E-state index contributed by atoms with van der Waals surface area (Å²) in [5.41, 5.74) is 3.12. The number of nitrogens with zero attached hydrogens (tertiary/aromatic N) is 2. The van der Waals surface area contributed by atoms with E-state index in [1.165, 1.54) is 12.1 Å². The van der Waals surface area contributed by atoms with Crippen LogP contribution in [0.5, 0.6) is 5.75 Å². The molecule has 2 N–H and O–H groups in total. The third-order valence-electron chi connectivity index (χ3n) is 6.43. The number of amidine groups is 1. The highest BCUT2D eigenvalue weighted by Crippen LogP contribution is 2.40. The van der Waals surface area contributed by atoms with E-state index in [1.807, 2.05) is 25.1 Å². The first-order valence-corrected chi connectivity index (χ1v) is 13.2. The number of allylic oxidation sites excluding steroid dienone is 1. The number of carbonyl (C=O) groups is 2. The predicted octanol–water partition coefficient (Wildman–Crippen LogP) is 5.85. The first kappa shape index (κ1) is 25.5. The summed E-state index contributed by atoms with van der Waals surface area (Å²) in [5.74, 6) is 0.278. The number of benzene rings is 3. The molecular formula is C29H27FN4O3S. The number of halogens is 1. The summed E-state index contributed by atoms with van der Waals surface area (Å²) in [7, 11) is 1.59. The molecule has 1 atom stereocenters. The minimum Gasteiger partial charge on any atom is -0.497 e. The summed E-state index contributed by atoms with van der Waals surface area (Å²) in [6.45, 7) is 2.59. The fourth-order valence-electron chi connectivity index (χ4n) is 4.61. The van der Waals surface area contributed by atoms with Crippen LogP contribution in [0.15, 0.2) is 89.1 Å². The van der Waals surface area contributed by atoms with Crippen LogP contribution < -0.4 is 15.4 Å². The van der Waals surface area contributed by atoms with E-state index < -0.39 is 17.8 Å². The topological polar surface area (TPSA) is 83.0 Å². The molecule has 2 aliphatic rings. The van der Waals surface area contributed by atoms with Crippen LogP contribution in [0.2, 0.25) is 0 Å². The number of fused-ring (bicyclic) bond motifs is 1. The van der Waals surface area contributed by atoms with Gasteiger partial charge >= 0.3 is 0 Å². The molecule has 3 aromatic rings. The Labute approximate surface area is 224 Å². The van der Waals surface area contributed by atoms with Crippen LogP contribution in [0.3, 0.4) is 0 Å². The zero-order valence-electron chi connectivity index (χ0n) is 21.0. The number of methoxy groups -OCH3 is 1. The van der Waals surface area contributed by atoms with Crippen molar-refractivity contribution < 1.29 is 18.7 Å². The highest BCUT2D eigenvalue weighted by Gasteiger charge is 2.37. The Morgan fingerprint density at radius 2 is 1.76 bits per heavy atom. The average Bonchev–Trinajstić information content (AvgIpc) is 2.93. The van der Waals surface area contributed by atoms with Gasteiger partial charge in [0.1, 0.15) is 11.6 Å². The van der Waals surface area contributed by atoms with Crippen molar-refractivity contribution in [3.05, 3.63) is 101 Å². The molecule has 5 rings (SSSR count). The fraction of sp³-hybridized carbons (Fsp3) is 0.207. The Morgan fingerprint density at radius 3 is 2.53 bits per heavy atom. The van der Waals surface area contributed by atoms with Crippen molar-refractivity contribution in [2.45, 2.75) is 19.4 Å². The van der Waals surface area contributed by atoms with Crippen LogP contribution in [0.1, 0.15) is 35.3 Å². The summed E-state index contributed by atoms with van der Waals surface area (Å²) in [5, 5.41) is 6.67. The van der Waals surface area contributed by atoms with E-state index in [1.54, 1.807) is 61.3 Å². The lowest BCUT2D eigenvalue weighted by molar-refractivity contribution is -0.113. The predicted molar refractivity (Wildman–Crippen MR) is 149 cm³/mol. The van der Waals surface area contributed by atoms with Gasteiger partial charge in [0.05, 0.1) is 30.0 Å². The molecule has 0 aromatic heterocycles. The fourth-order valence-corrected chi connectivity index (χ4v) is 5.63. The number of hydrogen-bond acceptors (Lipinski definition) is 6. The number of rotatable bonds is 6. The zero-order valence-corrected chi connectivity index (χ0v) is 21.8. The molecule has 0 radical (unpaired) electrons. The minimum atomic E-state index is -0.587. The van der Waals surface area contributed by atoms with Crippen molar-refractivity contribution in [1.82, 2.24) is 4.90 Å². The van der Waals surface area contributed by atoms with Crippen LogP contribution in [-0.4, -0.2) is 41.3 Å². The van der Waals surface area contributed by atoms with Crippen molar-refractivity contribution in [2.75, 3.05) is 30.0 Å². The number of aliphatic imine (C=N–C) groups is 1. The van der Waals surface area contributed by atoms with E-state index in [2.05, 4.69) is 15.5 Å². The van der Waals surface area contributed by atoms with Gasteiger partial charge in [-0.1, -0.05) is 36.0 Å². The Kier molecular flexibility index (Phi) is 7.46. The van der Waals surface area contributed by atoms with E-state index in [4.69, 9.17) is 9.73 Å². The normalized spacial score (nSPS) is 16.9. The molecule has 2 amide bonds. The van der Waals surface area contributed by atoms with Crippen molar-refractivity contribution in [2.24, 2.45) is 4.99 Å². The molecule has 9 heteroatoms. The molecule has 2 aliphatic heterocycles. The van der Waals surface area contributed by atoms with E-state index in [0.29, 0.717) is 28.4 Å². The number of hydrogen-bond donors (Lipinski definition) is 2. The molecule has 7 nitrogen and oxygen atoms in total. The van der Waals surface area contributed by atoms with E-state index in [0.717, 1.165) is 29.4 Å². The maximum atomic E-state index is 14.2. The standard InChI is InChI=1S/C29H27FN4O3S/c1-18-25(28(36)32-20-11-13-22(37-2)14-12-20)26(34-15-6-16-38-29(34)31-18)19-7-5-8-21(17-19)33-27(35)23-9-3-4-10-24(23)30/h3-5,7-14,17,26H,6,15-16H2,1-2H3,(H,32,36)(H,33,35). The zero-order chi connectivity index (χ0) is 26.6. The summed E-state index contributed by atoms with van der Waals surface area (Å²) in [6, 6.07) is 19.9. The van der Waals surface area contributed by atoms with E-state index in [9.17, 15) is 14.0 Å². The second-order valence-electron chi connectivity index (χ2n) is 8.93. The van der Waals surface area contributed by atoms with Crippen LogP contribution in [0.4, 0.5) is 15.8 Å². The van der Waals surface area contributed by atoms with Gasteiger partial charge in [0.15, 0.2) is 5.17 Å². The second-order valence-corrected chi connectivity index (χ2v) is 10.00. The smallest absolute Gasteiger partial charge is 0.258 e. The van der Waals surface area contributed by atoms with E-state index >= 15 is 0 Å². The van der Waals surface area contributed by atoms with Gasteiger partial charge in [-0.05, 0) is 67.4 Å². The number of thioether (sulfide) groups is 1. The quantitative estimate of drug-likeness (QED) is 0.418. The highest BCUT2D eigenvalue weighted by molar-refractivity contribution is 8.13. The van der Waals surface area contributed by atoms with Crippen LogP contribution in [0, 0.1) is 5.82 Å². The lowest BCUT2D eigenvalue weighted by atomic mass is 9.93. The number of ether oxygens (including phenoxy) is 1. The number of carbonyl (C=O) groups excluding carboxylic acids is 2. The van der Waals surface area contributed by atoms with Crippen molar-refractivity contribution in [3.63, 3.8) is 0 Å². The van der Waals surface area contributed by atoms with Crippen LogP contribution in [0.25, 0.3) is 0 Å². The SMILES string of the molecule is COc1ccc(NC(=O)C2=C(C)N=C3SCCCN3C2c2cccc(NC(=O)c3ccccc3F)c2)cc1. The Morgan fingerprint density at radius 1 is 1.00 bits per heavy atom. The van der Waals surface area contributed by atoms with Gasteiger partial charge < -0.3 is 20.3 Å². The van der Waals surface area contributed by atoms with Gasteiger partial charge in [-0.3, -0.25) is 9.59 Å². The average molecular weight is 531 g/mol. The number of anilines is 2. The van der Waals surface area contributed by atoms with Crippen LogP contribution >= 0.6 is 11.8 Å². The first-order chi connectivity index (χ1) is 18.4. The molecule has 0 aliphatic carbocycles. The molecule has 0 bridgehead atoms. The Bertz CT molecular complexity index is 1440. The summed E-state index contributed by atoms with van der Waals surface area (Å²) in [6.07, 6.45) is 0.955. The molecule has 2 heterocycles. The molecule has 0 saturated carbocycles. The van der Waals surface area contributed by atoms with Crippen molar-refractivity contribution in [1.29, 1.82) is 0 Å². The summed E-state index contributed by atoms with van der Waals surface area (Å²) in [4.78, 5) is 33.3. The van der Waals surface area contributed by atoms with Gasteiger partial charge in [-0.2, -0.15) is 0 Å². The maximum absolute atomic E-state index is 14.2. The van der Waals surface area contributed by atoms with Gasteiger partial charge in [0.2, 0.25) is 0 Å². The van der Waals surface area contributed by atoms with Crippen LogP contribution in [-0.2, 0) is 4.79 Å². The van der Waals surface area contributed by atoms with Gasteiger partial charge in [-0.15, -0.1) is 0 Å². The third kappa shape index (κ3) is 5.28. The lowest BCUT2D eigenvalue weighted by Gasteiger charge is -2.41. The number of nitrogens with one attached hydrogen (secondary N) is 2. The Balaban J connectivity index is 1.47. The van der Waals surface area contributed by atoms with Crippen molar-refractivity contribution >= 4 is 40.1 Å². The molecule has 3 aromatic carbocycles. The van der Waals surface area contributed by atoms with E-state index in [-0.39, 0.29) is 11.5 Å². The Hall–Kier alpha value is -4.11. The molecule has 1 saturated heterocycles. The third-order valence-corrected chi connectivity index (χ3v) is 7.51. The highest BCUT2D eigenvalue weighted by atomic mass is 32.2. The van der Waals surface area contributed by atoms with Gasteiger partial charge in [0.25, 0.3) is 11.8 Å². The molecule has 194 valence electrons. The molecule has 1 unspecified atom stereocenters. The second kappa shape index (κ2) is 11.1. The minimum absolute atomic E-state index is 0.0345. The summed E-state index contributed by atoms with van der Waals surface area (Å²) >= 11 is 1.67. The molecule has 38 heavy (non-hydrogen) atoms. The largest absolute Gasteiger partial charge is 0.497 e. The lowest BCUT2D eigenvalue weighted by Crippen LogP contribution is -2.43. The molecular weight excluding hydrogens is 503 g/mol. The summed E-state index contributed by atoms with van der Waals surface area (Å²) < 4.78 is 19.4. The van der Waals surface area contributed by atoms with Crippen molar-refractivity contribution in [3.8, 4) is 5.75 Å². The monoisotopic (exact) mass is 530 g/mol. The van der Waals surface area contributed by atoms with Gasteiger partial charge in [0, 0.05) is 23.7 Å². The first-order valence-electron chi connectivity index (χ1n) is 12.2. The van der Waals surface area contributed by atoms with Gasteiger partial charge in [-0.25, -0.2) is 9.38 Å². The number of amides is 2. The maximum Gasteiger partial charge on any atom is 0.258 e. The molecule has 1 fully saturated rings. The molecule has 0 spiro atoms.